The summed E-state index contributed by atoms with van der Waals surface area (Å²) in [6.07, 6.45) is 0. The summed E-state index contributed by atoms with van der Waals surface area (Å²) < 4.78 is 0. The molecule has 0 unspecified atom stereocenters. The fraction of sp³-hybridized carbons (Fsp3) is 0. The van der Waals surface area contributed by atoms with Crippen molar-refractivity contribution in [2.45, 2.75) is 0 Å². The van der Waals surface area contributed by atoms with Crippen molar-refractivity contribution in [2.75, 3.05) is 0 Å². The molecule has 0 aromatic rings. The first-order valence-electron chi connectivity index (χ1n) is 0.507. The number of rotatable bonds is 0. The van der Waals surface area contributed by atoms with Gasteiger partial charge in [0.2, 0.25) is 0 Å². The third kappa shape index (κ3) is 24.4. The van der Waals surface area contributed by atoms with Crippen LogP contribution in [0.25, 0.3) is 0 Å². The number of hydrogen-bond acceptors (Lipinski definition) is 0. The maximum Gasteiger partial charge on any atom is 0 e. The molecule has 5 heteroatoms. The second kappa shape index (κ2) is 5.95. The summed E-state index contributed by atoms with van der Waals surface area (Å²) in [6, 6.07) is 0. The van der Waals surface area contributed by atoms with E-state index in [2.05, 4.69) is 0 Å². The quantitative estimate of drug-likeness (QED) is 0.576. The van der Waals surface area contributed by atoms with E-state index in [1.807, 2.05) is 0 Å². The van der Waals surface area contributed by atoms with E-state index in [4.69, 9.17) is 29.8 Å². The monoisotopic (exact) mass is 260 g/mol. The van der Waals surface area contributed by atoms with Crippen molar-refractivity contribution in [2.24, 2.45) is 0 Å². The van der Waals surface area contributed by atoms with Crippen LogP contribution >= 0.6 is 29.8 Å². The van der Waals surface area contributed by atoms with Crippen molar-refractivity contribution < 1.29 is 0 Å². The SMILES string of the molecule is Cl[As](Cl)Cl.[Se]. The summed E-state index contributed by atoms with van der Waals surface area (Å²) in [6.45, 7) is 0. The molecule has 0 saturated carbocycles. The van der Waals surface area contributed by atoms with Gasteiger partial charge in [-0.25, -0.2) is 0 Å². The third-order valence-electron chi connectivity index (χ3n) is 0. The van der Waals surface area contributed by atoms with E-state index in [0.717, 1.165) is 0 Å². The van der Waals surface area contributed by atoms with Crippen molar-refractivity contribution in [3.63, 3.8) is 0 Å². The van der Waals surface area contributed by atoms with Crippen LogP contribution in [-0.2, 0) is 0 Å². The Bertz CT molecular complexity index is 11.6. The van der Waals surface area contributed by atoms with Crippen LogP contribution in [0.4, 0.5) is 0 Å². The van der Waals surface area contributed by atoms with Gasteiger partial charge in [-0.15, -0.1) is 0 Å². The molecule has 0 aliphatic carbocycles. The predicted octanol–water partition coefficient (Wildman–Crippen LogP) is 1.31. The molecule has 0 aromatic carbocycles. The first-order chi connectivity index (χ1) is 1.73. The van der Waals surface area contributed by atoms with Gasteiger partial charge in [0.25, 0.3) is 0 Å². The van der Waals surface area contributed by atoms with E-state index >= 15 is 0 Å². The molecule has 0 bridgehead atoms. The Balaban J connectivity index is 0. The van der Waals surface area contributed by atoms with Crippen molar-refractivity contribution in [3.8, 4) is 0 Å². The predicted molar refractivity (Wildman–Crippen MR) is 29.1 cm³/mol. The smallest absolute Gasteiger partial charge is 0 e. The molecule has 0 spiro atoms. The molecule has 32 valence electrons. The van der Waals surface area contributed by atoms with E-state index in [1.165, 1.54) is 0 Å². The topological polar surface area (TPSA) is 0 Å². The molecular formula is AsCl3Se. The number of hydrogen-bond donors (Lipinski definition) is 0. The summed E-state index contributed by atoms with van der Waals surface area (Å²) in [5.41, 5.74) is 0. The summed E-state index contributed by atoms with van der Waals surface area (Å²) >= 11 is -1.77. The molecule has 0 fully saturated rings. The molecule has 5 heavy (non-hydrogen) atoms. The first-order valence-corrected chi connectivity index (χ1v) is 7.90. The molecule has 0 heterocycles. The van der Waals surface area contributed by atoms with Crippen LogP contribution < -0.4 is 0 Å². The van der Waals surface area contributed by atoms with Gasteiger partial charge in [-0.3, -0.25) is 0 Å². The maximum atomic E-state index is 4.95. The Kier molecular flexibility index (Phi) is 11.9. The molecule has 0 amide bonds. The van der Waals surface area contributed by atoms with Gasteiger partial charge in [-0.2, -0.15) is 0 Å². The molecule has 0 nitrogen and oxygen atoms in total. The summed E-state index contributed by atoms with van der Waals surface area (Å²) in [4.78, 5) is 0. The summed E-state index contributed by atoms with van der Waals surface area (Å²) in [5.74, 6) is 0. The van der Waals surface area contributed by atoms with E-state index in [0.29, 0.717) is 0 Å². The van der Waals surface area contributed by atoms with Crippen LogP contribution in [-0.4, -0.2) is 28.9 Å². The first kappa shape index (κ1) is 10.0. The molecular weight excluding hydrogens is 260 g/mol. The largest absolute Gasteiger partial charge is 0 e. The average Bonchev–Trinajstić information content (AvgIpc) is 0.811. The van der Waals surface area contributed by atoms with Crippen LogP contribution in [0.1, 0.15) is 0 Å². The Labute approximate surface area is 58.4 Å². The maximum absolute atomic E-state index is 4.95. The fourth-order valence-electron chi connectivity index (χ4n) is 0. The zero-order chi connectivity index (χ0) is 3.58. The molecule has 0 aliphatic heterocycles. The van der Waals surface area contributed by atoms with Crippen LogP contribution in [0, 0.1) is 0 Å². The zero-order valence-electron chi connectivity index (χ0n) is 1.99. The van der Waals surface area contributed by atoms with Crippen LogP contribution in [0.15, 0.2) is 0 Å². The minimum absolute atomic E-state index is 0. The fourth-order valence-corrected chi connectivity index (χ4v) is 0. The molecule has 0 aromatic heterocycles. The standard InChI is InChI=1S/AsCl3.Se/c2-1(3)4;. The molecule has 0 saturated heterocycles. The summed E-state index contributed by atoms with van der Waals surface area (Å²) in [7, 11) is 14.9. The third-order valence-corrected chi connectivity index (χ3v) is 0. The van der Waals surface area contributed by atoms with E-state index in [1.54, 1.807) is 0 Å². The normalized spacial score (nSPS) is 7.20. The van der Waals surface area contributed by atoms with Gasteiger partial charge >= 0.3 is 41.7 Å². The van der Waals surface area contributed by atoms with Gasteiger partial charge < -0.3 is 0 Å². The van der Waals surface area contributed by atoms with Crippen LogP contribution in [0.3, 0.4) is 0 Å². The van der Waals surface area contributed by atoms with E-state index in [9.17, 15) is 0 Å². The van der Waals surface area contributed by atoms with Crippen molar-refractivity contribution in [3.05, 3.63) is 0 Å². The Morgan fingerprint density at radius 2 is 1.00 bits per heavy atom. The van der Waals surface area contributed by atoms with Gasteiger partial charge in [0.15, 0.2) is 0 Å². The molecule has 0 rings (SSSR count). The van der Waals surface area contributed by atoms with Crippen molar-refractivity contribution >= 4 is 58.7 Å². The second-order valence-electron chi connectivity index (χ2n) is 0.192. The zero-order valence-corrected chi connectivity index (χ0v) is 7.85. The average molecular weight is 260 g/mol. The van der Waals surface area contributed by atoms with Crippen molar-refractivity contribution in [1.29, 1.82) is 0 Å². The molecule has 0 aliphatic rings. The minimum Gasteiger partial charge on any atom is 0 e. The molecule has 0 atom stereocenters. The van der Waals surface area contributed by atoms with Gasteiger partial charge in [0.1, 0.15) is 0 Å². The second-order valence-corrected chi connectivity index (χ2v) is 8.96. The number of halogens is 3. The Morgan fingerprint density at radius 1 is 1.00 bits per heavy atom. The Hall–Kier alpha value is 1.95. The van der Waals surface area contributed by atoms with Gasteiger partial charge in [0, 0.05) is 17.1 Å². The van der Waals surface area contributed by atoms with Gasteiger partial charge in [0.05, 0.1) is 0 Å². The Morgan fingerprint density at radius 3 is 1.00 bits per heavy atom. The minimum atomic E-state index is -1.77. The molecule has 0 N–H and O–H groups in total. The van der Waals surface area contributed by atoms with Gasteiger partial charge in [-0.1, -0.05) is 0 Å². The van der Waals surface area contributed by atoms with Crippen LogP contribution in [0.5, 0.6) is 0 Å². The van der Waals surface area contributed by atoms with Crippen molar-refractivity contribution in [1.82, 2.24) is 0 Å². The van der Waals surface area contributed by atoms with E-state index < -0.39 is 11.8 Å². The van der Waals surface area contributed by atoms with Gasteiger partial charge in [-0.05, 0) is 0 Å². The van der Waals surface area contributed by atoms with Crippen LogP contribution in [0.2, 0.25) is 0 Å². The molecule has 2 radical (unpaired) electrons. The van der Waals surface area contributed by atoms with E-state index in [-0.39, 0.29) is 17.1 Å². The summed E-state index contributed by atoms with van der Waals surface area (Å²) in [5, 5.41) is 0.